The van der Waals surface area contributed by atoms with E-state index >= 15 is 0 Å². The molecule has 0 amide bonds. The Balaban J connectivity index is 3.22. The molecule has 94 valence electrons. The van der Waals surface area contributed by atoms with Crippen LogP contribution in [-0.4, -0.2) is 18.4 Å². The summed E-state index contributed by atoms with van der Waals surface area (Å²) in [7, 11) is 0. The summed E-state index contributed by atoms with van der Waals surface area (Å²) < 4.78 is 46.2. The number of esters is 1. The van der Waals surface area contributed by atoms with Gasteiger partial charge in [0.1, 0.15) is 0 Å². The van der Waals surface area contributed by atoms with Gasteiger partial charge in [-0.2, -0.15) is 13.2 Å². The van der Waals surface area contributed by atoms with Crippen LogP contribution in [0.2, 0.25) is 0 Å². The van der Waals surface area contributed by atoms with E-state index in [-0.39, 0.29) is 6.61 Å². The summed E-state index contributed by atoms with van der Waals surface area (Å²) in [5.41, 5.74) is -0.680. The molecule has 1 aromatic rings. The van der Waals surface area contributed by atoms with Crippen molar-refractivity contribution in [1.29, 1.82) is 0 Å². The first kappa shape index (κ1) is 13.3. The number of ketones is 1. The quantitative estimate of drug-likeness (QED) is 0.611. The number of rotatable bonds is 3. The van der Waals surface area contributed by atoms with Crippen molar-refractivity contribution in [2.24, 2.45) is 0 Å². The summed E-state index contributed by atoms with van der Waals surface area (Å²) in [5.74, 6) is -3.99. The average molecular weight is 250 g/mol. The molecule has 1 heterocycles. The van der Waals surface area contributed by atoms with Crippen LogP contribution < -0.4 is 0 Å². The van der Waals surface area contributed by atoms with Crippen LogP contribution in [0.3, 0.4) is 0 Å². The van der Waals surface area contributed by atoms with E-state index in [0.29, 0.717) is 0 Å². The minimum atomic E-state index is -4.83. The Morgan fingerprint density at radius 1 is 1.41 bits per heavy atom. The zero-order valence-corrected chi connectivity index (χ0v) is 9.05. The number of carbonyl (C=O) groups is 2. The first-order valence-corrected chi connectivity index (χ1v) is 4.66. The molecule has 0 saturated carbocycles. The number of furan rings is 1. The Hall–Kier alpha value is -1.79. The molecular formula is C10H9F3O4. The normalized spacial score (nSPS) is 11.4. The van der Waals surface area contributed by atoms with Gasteiger partial charge in [-0.15, -0.1) is 0 Å². The molecule has 0 saturated heterocycles. The summed E-state index contributed by atoms with van der Waals surface area (Å²) >= 11 is 0. The lowest BCUT2D eigenvalue weighted by molar-refractivity contribution is -0.153. The van der Waals surface area contributed by atoms with Crippen molar-refractivity contribution in [3.05, 3.63) is 23.2 Å². The molecule has 0 aliphatic rings. The van der Waals surface area contributed by atoms with E-state index in [1.165, 1.54) is 6.92 Å². The summed E-state index contributed by atoms with van der Waals surface area (Å²) in [4.78, 5) is 22.2. The van der Waals surface area contributed by atoms with Crippen LogP contribution in [0.5, 0.6) is 0 Å². The summed E-state index contributed by atoms with van der Waals surface area (Å²) in [6, 6.07) is 0.739. The van der Waals surface area contributed by atoms with Crippen molar-refractivity contribution in [3.8, 4) is 0 Å². The Morgan fingerprint density at radius 3 is 2.35 bits per heavy atom. The predicted molar refractivity (Wildman–Crippen MR) is 49.7 cm³/mol. The van der Waals surface area contributed by atoms with Gasteiger partial charge < -0.3 is 9.15 Å². The second-order valence-electron chi connectivity index (χ2n) is 3.13. The molecule has 17 heavy (non-hydrogen) atoms. The molecule has 0 spiro atoms. The lowest BCUT2D eigenvalue weighted by atomic mass is 10.1. The topological polar surface area (TPSA) is 56.5 Å². The van der Waals surface area contributed by atoms with Crippen LogP contribution in [0.25, 0.3) is 0 Å². The maximum atomic E-state index is 12.5. The first-order valence-electron chi connectivity index (χ1n) is 4.66. The Kier molecular flexibility index (Phi) is 3.59. The number of hydrogen-bond donors (Lipinski definition) is 0. The molecule has 7 heteroatoms. The maximum Gasteiger partial charge on any atom is 0.450 e. The Bertz CT molecular complexity index is 445. The standard InChI is InChI=1S/C10H9F3O4/c1-3-16-9(15)7-4-6(5(2)14)8(17-7)10(11,12)13/h4H,3H2,1-2H3. The lowest BCUT2D eigenvalue weighted by Gasteiger charge is -2.03. The second kappa shape index (κ2) is 4.60. The van der Waals surface area contributed by atoms with Crippen molar-refractivity contribution < 1.29 is 31.9 Å². The fourth-order valence-electron chi connectivity index (χ4n) is 1.17. The molecule has 0 fully saturated rings. The Morgan fingerprint density at radius 2 is 2.00 bits per heavy atom. The minimum absolute atomic E-state index is 0.00368. The molecule has 0 N–H and O–H groups in total. The highest BCUT2D eigenvalue weighted by Gasteiger charge is 2.40. The number of hydrogen-bond acceptors (Lipinski definition) is 4. The van der Waals surface area contributed by atoms with E-state index < -0.39 is 35.0 Å². The van der Waals surface area contributed by atoms with Crippen LogP contribution in [0, 0.1) is 0 Å². The molecule has 4 nitrogen and oxygen atoms in total. The van der Waals surface area contributed by atoms with Crippen molar-refractivity contribution in [2.45, 2.75) is 20.0 Å². The van der Waals surface area contributed by atoms with Gasteiger partial charge in [-0.1, -0.05) is 0 Å². The summed E-state index contributed by atoms with van der Waals surface area (Å²) in [6.07, 6.45) is -4.83. The van der Waals surface area contributed by atoms with Crippen LogP contribution in [0.15, 0.2) is 10.5 Å². The monoisotopic (exact) mass is 250 g/mol. The lowest BCUT2D eigenvalue weighted by Crippen LogP contribution is -2.08. The molecule has 1 rings (SSSR count). The maximum absolute atomic E-state index is 12.5. The van der Waals surface area contributed by atoms with Crippen molar-refractivity contribution >= 4 is 11.8 Å². The third-order valence-electron chi connectivity index (χ3n) is 1.85. The van der Waals surface area contributed by atoms with E-state index in [1.54, 1.807) is 0 Å². The smallest absolute Gasteiger partial charge is 0.450 e. The molecule has 0 atom stereocenters. The van der Waals surface area contributed by atoms with Gasteiger partial charge in [-0.25, -0.2) is 4.79 Å². The van der Waals surface area contributed by atoms with Crippen molar-refractivity contribution in [2.75, 3.05) is 6.61 Å². The van der Waals surface area contributed by atoms with Crippen LogP contribution >= 0.6 is 0 Å². The second-order valence-corrected chi connectivity index (χ2v) is 3.13. The highest BCUT2D eigenvalue weighted by atomic mass is 19.4. The van der Waals surface area contributed by atoms with E-state index in [2.05, 4.69) is 9.15 Å². The minimum Gasteiger partial charge on any atom is -0.460 e. The van der Waals surface area contributed by atoms with E-state index in [0.717, 1.165) is 13.0 Å². The van der Waals surface area contributed by atoms with Crippen LogP contribution in [0.4, 0.5) is 13.2 Å². The molecule has 0 unspecified atom stereocenters. The molecule has 0 bridgehead atoms. The van der Waals surface area contributed by atoms with Crippen LogP contribution in [0.1, 0.15) is 40.5 Å². The van der Waals surface area contributed by atoms with E-state index in [9.17, 15) is 22.8 Å². The van der Waals surface area contributed by atoms with Gasteiger partial charge in [0.2, 0.25) is 11.5 Å². The van der Waals surface area contributed by atoms with E-state index in [4.69, 9.17) is 0 Å². The van der Waals surface area contributed by atoms with Crippen molar-refractivity contribution in [1.82, 2.24) is 0 Å². The molecular weight excluding hydrogens is 241 g/mol. The average Bonchev–Trinajstić information content (AvgIpc) is 2.61. The van der Waals surface area contributed by atoms with Gasteiger partial charge in [0.05, 0.1) is 12.2 Å². The number of ether oxygens (including phenoxy) is 1. The van der Waals surface area contributed by atoms with Gasteiger partial charge in [0.25, 0.3) is 0 Å². The fourth-order valence-corrected chi connectivity index (χ4v) is 1.17. The summed E-state index contributed by atoms with van der Waals surface area (Å²) in [5, 5.41) is 0. The van der Waals surface area contributed by atoms with Crippen molar-refractivity contribution in [3.63, 3.8) is 0 Å². The highest BCUT2D eigenvalue weighted by Crippen LogP contribution is 2.34. The predicted octanol–water partition coefficient (Wildman–Crippen LogP) is 2.68. The van der Waals surface area contributed by atoms with E-state index in [1.807, 2.05) is 0 Å². The molecule has 1 aromatic heterocycles. The zero-order valence-electron chi connectivity index (χ0n) is 9.05. The van der Waals surface area contributed by atoms with Gasteiger partial charge >= 0.3 is 12.1 Å². The largest absolute Gasteiger partial charge is 0.460 e. The molecule has 0 radical (unpaired) electrons. The summed E-state index contributed by atoms with van der Waals surface area (Å²) in [6.45, 7) is 2.45. The first-order chi connectivity index (χ1) is 7.77. The molecule has 0 aromatic carbocycles. The van der Waals surface area contributed by atoms with Gasteiger partial charge in [-0.3, -0.25) is 4.79 Å². The zero-order chi connectivity index (χ0) is 13.2. The number of Topliss-reactive ketones (excluding diaryl/α,β-unsaturated/α-hetero) is 1. The molecule has 0 aliphatic heterocycles. The highest BCUT2D eigenvalue weighted by molar-refractivity contribution is 5.98. The van der Waals surface area contributed by atoms with Gasteiger partial charge in [0.15, 0.2) is 5.78 Å². The number of carbonyl (C=O) groups excluding carboxylic acids is 2. The number of alkyl halides is 3. The third-order valence-corrected chi connectivity index (χ3v) is 1.85. The molecule has 0 aliphatic carbocycles. The fraction of sp³-hybridized carbons (Fsp3) is 0.400. The SMILES string of the molecule is CCOC(=O)c1cc(C(C)=O)c(C(F)(F)F)o1. The van der Waals surface area contributed by atoms with Gasteiger partial charge in [0, 0.05) is 6.07 Å². The number of halogens is 3. The van der Waals surface area contributed by atoms with Gasteiger partial charge in [-0.05, 0) is 13.8 Å². The Labute approximate surface area is 94.3 Å². The van der Waals surface area contributed by atoms with Crippen LogP contribution in [-0.2, 0) is 10.9 Å². The third kappa shape index (κ3) is 2.86.